The van der Waals surface area contributed by atoms with Crippen LogP contribution in [0.25, 0.3) is 0 Å². The number of hydrogen-bond acceptors (Lipinski definition) is 3. The zero-order valence-electron chi connectivity index (χ0n) is 8.97. The molecule has 0 amide bonds. The van der Waals surface area contributed by atoms with Gasteiger partial charge in [0.25, 0.3) is 0 Å². The fraction of sp³-hybridized carbons (Fsp3) is 0.667. The second kappa shape index (κ2) is 13.0. The highest BCUT2D eigenvalue weighted by Crippen LogP contribution is 2.12. The summed E-state index contributed by atoms with van der Waals surface area (Å²) >= 11 is 0. The molecule has 2 N–H and O–H groups in total. The lowest BCUT2D eigenvalue weighted by Crippen LogP contribution is -1.98. The van der Waals surface area contributed by atoms with Gasteiger partial charge in [-0.25, -0.2) is 4.39 Å². The van der Waals surface area contributed by atoms with E-state index in [2.05, 4.69) is 9.99 Å². The molecule has 0 aromatic heterocycles. The van der Waals surface area contributed by atoms with Crippen molar-refractivity contribution in [2.75, 3.05) is 13.2 Å². The second-order valence-electron chi connectivity index (χ2n) is 2.11. The van der Waals surface area contributed by atoms with Crippen LogP contribution in [-0.2, 0) is 4.84 Å². The molecule has 15 heavy (non-hydrogen) atoms. The molecule has 0 unspecified atom stereocenters. The van der Waals surface area contributed by atoms with Crippen molar-refractivity contribution < 1.29 is 18.0 Å². The van der Waals surface area contributed by atoms with Crippen LogP contribution < -0.4 is 5.73 Å². The predicted octanol–water partition coefficient (Wildman–Crippen LogP) is 2.83. The van der Waals surface area contributed by atoms with Gasteiger partial charge in [0, 0.05) is 12.6 Å². The van der Waals surface area contributed by atoms with Crippen LogP contribution in [0.1, 0.15) is 26.7 Å². The molecule has 3 nitrogen and oxygen atoms in total. The van der Waals surface area contributed by atoms with E-state index in [1.165, 1.54) is 6.21 Å². The highest BCUT2D eigenvalue weighted by Gasteiger charge is 2.03. The molecule has 0 fully saturated rings. The summed E-state index contributed by atoms with van der Waals surface area (Å²) in [5, 5.41) is 3.35. The van der Waals surface area contributed by atoms with Crippen LogP contribution in [0.3, 0.4) is 0 Å². The van der Waals surface area contributed by atoms with E-state index in [9.17, 15) is 13.2 Å². The van der Waals surface area contributed by atoms with Gasteiger partial charge in [0.15, 0.2) is 5.83 Å². The Morgan fingerprint density at radius 1 is 1.33 bits per heavy atom. The third-order valence-electron chi connectivity index (χ3n) is 1.06. The first-order chi connectivity index (χ1) is 7.18. The monoisotopic (exact) mass is 226 g/mol. The number of oxime groups is 1. The van der Waals surface area contributed by atoms with Gasteiger partial charge < -0.3 is 10.6 Å². The van der Waals surface area contributed by atoms with Gasteiger partial charge in [-0.05, 0) is 13.0 Å². The minimum atomic E-state index is -2.31. The van der Waals surface area contributed by atoms with Crippen molar-refractivity contribution >= 4 is 6.21 Å². The molecule has 0 saturated carbocycles. The summed E-state index contributed by atoms with van der Waals surface area (Å²) in [5.41, 5.74) is 5.12. The first kappa shape index (κ1) is 16.4. The first-order valence-electron chi connectivity index (χ1n) is 4.72. The zero-order chi connectivity index (χ0) is 12.1. The third-order valence-corrected chi connectivity index (χ3v) is 1.06. The van der Waals surface area contributed by atoms with Crippen LogP contribution in [0.2, 0.25) is 0 Å². The highest BCUT2D eigenvalue weighted by atomic mass is 19.3. The number of halogens is 3. The van der Waals surface area contributed by atoms with E-state index in [0.717, 1.165) is 0 Å². The van der Waals surface area contributed by atoms with Crippen molar-refractivity contribution in [1.82, 2.24) is 0 Å². The number of rotatable bonds is 6. The minimum Gasteiger partial charge on any atom is -0.396 e. The summed E-state index contributed by atoms with van der Waals surface area (Å²) in [5.74, 6) is -1.46. The molecule has 0 heterocycles. The van der Waals surface area contributed by atoms with Gasteiger partial charge in [0.1, 0.15) is 6.61 Å². The number of nitrogens with two attached hydrogens (primary N) is 1. The normalized spacial score (nSPS) is 9.47. The maximum absolute atomic E-state index is 12.1. The van der Waals surface area contributed by atoms with Crippen molar-refractivity contribution in [3.05, 3.63) is 11.9 Å². The molecular weight excluding hydrogens is 209 g/mol. The number of hydrogen-bond donors (Lipinski definition) is 1. The molecule has 0 rings (SSSR count). The van der Waals surface area contributed by atoms with Crippen LogP contribution >= 0.6 is 0 Å². The third kappa shape index (κ3) is 13.0. The van der Waals surface area contributed by atoms with Gasteiger partial charge >= 0.3 is 6.08 Å². The van der Waals surface area contributed by atoms with Crippen LogP contribution in [0.5, 0.6) is 0 Å². The van der Waals surface area contributed by atoms with E-state index in [4.69, 9.17) is 5.73 Å². The highest BCUT2D eigenvalue weighted by molar-refractivity contribution is 5.56. The molecule has 0 aromatic rings. The summed E-state index contributed by atoms with van der Waals surface area (Å²) < 4.78 is 35.0. The van der Waals surface area contributed by atoms with Crippen LogP contribution in [0.15, 0.2) is 17.1 Å². The smallest absolute Gasteiger partial charge is 0.301 e. The van der Waals surface area contributed by atoms with Gasteiger partial charge in [-0.2, -0.15) is 8.78 Å². The SMILES string of the molecule is CC.NCC/C=N/OCCC(F)=C(F)F. The van der Waals surface area contributed by atoms with Crippen molar-refractivity contribution in [3.8, 4) is 0 Å². The summed E-state index contributed by atoms with van der Waals surface area (Å²) in [4.78, 5) is 4.46. The average Bonchev–Trinajstić information content (AvgIpc) is 2.25. The van der Waals surface area contributed by atoms with Gasteiger partial charge in [-0.1, -0.05) is 19.0 Å². The van der Waals surface area contributed by atoms with E-state index >= 15 is 0 Å². The molecule has 90 valence electrons. The lowest BCUT2D eigenvalue weighted by molar-refractivity contribution is 0.142. The topological polar surface area (TPSA) is 47.6 Å². The Kier molecular flexibility index (Phi) is 14.2. The summed E-state index contributed by atoms with van der Waals surface area (Å²) in [7, 11) is 0. The van der Waals surface area contributed by atoms with E-state index < -0.39 is 18.3 Å². The van der Waals surface area contributed by atoms with Gasteiger partial charge in [0.05, 0.1) is 0 Å². The Morgan fingerprint density at radius 3 is 2.40 bits per heavy atom. The Labute approximate surface area is 87.8 Å². The average molecular weight is 226 g/mol. The Bertz CT molecular complexity index is 192. The maximum atomic E-state index is 12.1. The fourth-order valence-electron chi connectivity index (χ4n) is 0.462. The van der Waals surface area contributed by atoms with E-state index in [1.807, 2.05) is 13.8 Å². The Morgan fingerprint density at radius 2 is 1.93 bits per heavy atom. The van der Waals surface area contributed by atoms with Crippen LogP contribution in [0, 0.1) is 0 Å². The molecule has 0 atom stereocenters. The van der Waals surface area contributed by atoms with Crippen LogP contribution in [-0.4, -0.2) is 19.4 Å². The van der Waals surface area contributed by atoms with Crippen molar-refractivity contribution in [2.45, 2.75) is 26.7 Å². The summed E-state index contributed by atoms with van der Waals surface area (Å²) in [6.45, 7) is 4.23. The molecule has 6 heteroatoms. The minimum absolute atomic E-state index is 0.204. The van der Waals surface area contributed by atoms with Crippen LogP contribution in [0.4, 0.5) is 13.2 Å². The van der Waals surface area contributed by atoms with Gasteiger partial charge in [-0.15, -0.1) is 0 Å². The fourth-order valence-corrected chi connectivity index (χ4v) is 0.462. The van der Waals surface area contributed by atoms with E-state index in [-0.39, 0.29) is 6.61 Å². The van der Waals surface area contributed by atoms with Crippen molar-refractivity contribution in [3.63, 3.8) is 0 Å². The summed E-state index contributed by atoms with van der Waals surface area (Å²) in [6.07, 6.45) is -0.847. The Balaban J connectivity index is 0. The van der Waals surface area contributed by atoms with E-state index in [0.29, 0.717) is 13.0 Å². The van der Waals surface area contributed by atoms with Crippen molar-refractivity contribution in [1.29, 1.82) is 0 Å². The largest absolute Gasteiger partial charge is 0.396 e. The van der Waals surface area contributed by atoms with Gasteiger partial charge in [-0.3, -0.25) is 0 Å². The Hall–Kier alpha value is -1.04. The lowest BCUT2D eigenvalue weighted by Gasteiger charge is -1.95. The first-order valence-corrected chi connectivity index (χ1v) is 4.72. The quantitative estimate of drug-likeness (QED) is 0.430. The standard InChI is InChI=1S/C7H11F3N2O.C2H6/c8-6(7(9)10)2-5-13-12-4-1-3-11;1-2/h4H,1-3,5,11H2;1-2H3/b12-4+;. The molecule has 0 aliphatic carbocycles. The predicted molar refractivity (Wildman–Crippen MR) is 54.4 cm³/mol. The molecular formula is C9H17F3N2O. The molecule has 0 radical (unpaired) electrons. The maximum Gasteiger partial charge on any atom is 0.301 e. The summed E-state index contributed by atoms with van der Waals surface area (Å²) in [6, 6.07) is 0. The number of nitrogens with zero attached hydrogens (tertiary/aromatic N) is 1. The molecule has 0 aromatic carbocycles. The molecule has 0 aliphatic heterocycles. The molecule has 0 saturated heterocycles. The second-order valence-corrected chi connectivity index (χ2v) is 2.11. The zero-order valence-corrected chi connectivity index (χ0v) is 8.97. The van der Waals surface area contributed by atoms with Gasteiger partial charge in [0.2, 0.25) is 0 Å². The van der Waals surface area contributed by atoms with Crippen molar-refractivity contribution in [2.24, 2.45) is 10.9 Å². The molecule has 0 aliphatic rings. The van der Waals surface area contributed by atoms with E-state index in [1.54, 1.807) is 0 Å². The molecule has 0 bridgehead atoms. The lowest BCUT2D eigenvalue weighted by atomic mass is 10.4. The molecule has 0 spiro atoms.